The van der Waals surface area contributed by atoms with Gasteiger partial charge >= 0.3 is 5.97 Å². The highest BCUT2D eigenvalue weighted by Gasteiger charge is 2.16. The number of aromatic carboxylic acids is 1. The third kappa shape index (κ3) is 1.06. The molecule has 0 radical (unpaired) electrons. The van der Waals surface area contributed by atoms with E-state index < -0.39 is 11.8 Å². The van der Waals surface area contributed by atoms with Crippen LogP contribution in [0, 0.1) is 12.7 Å². The van der Waals surface area contributed by atoms with E-state index in [0.29, 0.717) is 5.56 Å². The summed E-state index contributed by atoms with van der Waals surface area (Å²) in [5.41, 5.74) is 0.621. The standard InChI is InChI=1S/C9H7FN2O2/c1-4-6-5(10)2-3-11-8(6)12-7(4)9(13)14/h2-3H,1H3,(H,11,12)(H,13,14). The van der Waals surface area contributed by atoms with Crippen LogP contribution in [-0.4, -0.2) is 21.0 Å². The molecule has 0 aromatic carbocycles. The normalized spacial score (nSPS) is 10.7. The summed E-state index contributed by atoms with van der Waals surface area (Å²) in [7, 11) is 0. The first kappa shape index (κ1) is 8.68. The van der Waals surface area contributed by atoms with Crippen LogP contribution in [0.1, 0.15) is 16.1 Å². The zero-order chi connectivity index (χ0) is 10.3. The molecule has 14 heavy (non-hydrogen) atoms. The molecule has 0 atom stereocenters. The van der Waals surface area contributed by atoms with Crippen molar-refractivity contribution in [2.45, 2.75) is 6.92 Å². The Morgan fingerprint density at radius 2 is 2.36 bits per heavy atom. The number of carbonyl (C=O) groups is 1. The van der Waals surface area contributed by atoms with Gasteiger partial charge in [-0.3, -0.25) is 0 Å². The fraction of sp³-hybridized carbons (Fsp3) is 0.111. The Kier molecular flexibility index (Phi) is 1.73. The van der Waals surface area contributed by atoms with E-state index >= 15 is 0 Å². The second-order valence-corrected chi connectivity index (χ2v) is 2.95. The summed E-state index contributed by atoms with van der Waals surface area (Å²) >= 11 is 0. The smallest absolute Gasteiger partial charge is 0.352 e. The molecule has 0 spiro atoms. The number of hydrogen-bond acceptors (Lipinski definition) is 2. The number of fused-ring (bicyclic) bond motifs is 1. The lowest BCUT2D eigenvalue weighted by molar-refractivity contribution is 0.0690. The van der Waals surface area contributed by atoms with Gasteiger partial charge in [-0.25, -0.2) is 14.2 Å². The van der Waals surface area contributed by atoms with E-state index in [4.69, 9.17) is 5.11 Å². The summed E-state index contributed by atoms with van der Waals surface area (Å²) < 4.78 is 13.3. The summed E-state index contributed by atoms with van der Waals surface area (Å²) in [6.07, 6.45) is 1.29. The molecule has 0 aliphatic carbocycles. The number of carboxylic acid groups (broad SMARTS) is 1. The minimum atomic E-state index is -1.11. The van der Waals surface area contributed by atoms with Gasteiger partial charge in [0.05, 0.1) is 5.39 Å². The van der Waals surface area contributed by atoms with Gasteiger partial charge in [0, 0.05) is 6.20 Å². The average molecular weight is 194 g/mol. The molecular formula is C9H7FN2O2. The number of halogens is 1. The molecule has 2 aromatic heterocycles. The van der Waals surface area contributed by atoms with E-state index in [1.807, 2.05) is 0 Å². The molecule has 4 nitrogen and oxygen atoms in total. The quantitative estimate of drug-likeness (QED) is 0.726. The van der Waals surface area contributed by atoms with Crippen LogP contribution in [0.2, 0.25) is 0 Å². The first-order valence-corrected chi connectivity index (χ1v) is 3.97. The molecule has 2 heterocycles. The number of aryl methyl sites for hydroxylation is 1. The molecule has 0 aliphatic rings. The van der Waals surface area contributed by atoms with Crippen molar-refractivity contribution < 1.29 is 14.3 Å². The van der Waals surface area contributed by atoms with Gasteiger partial charge in [0.2, 0.25) is 0 Å². The predicted octanol–water partition coefficient (Wildman–Crippen LogP) is 1.71. The molecule has 0 unspecified atom stereocenters. The third-order valence-corrected chi connectivity index (χ3v) is 2.11. The van der Waals surface area contributed by atoms with Gasteiger partial charge in [-0.05, 0) is 18.6 Å². The molecule has 0 fully saturated rings. The lowest BCUT2D eigenvalue weighted by Gasteiger charge is -1.92. The van der Waals surface area contributed by atoms with Crippen LogP contribution in [-0.2, 0) is 0 Å². The van der Waals surface area contributed by atoms with Gasteiger partial charge in [0.1, 0.15) is 17.2 Å². The topological polar surface area (TPSA) is 66.0 Å². The molecule has 2 aromatic rings. The van der Waals surface area contributed by atoms with E-state index in [1.54, 1.807) is 6.92 Å². The summed E-state index contributed by atoms with van der Waals surface area (Å²) in [5.74, 6) is -1.57. The summed E-state index contributed by atoms with van der Waals surface area (Å²) in [6, 6.07) is 1.20. The van der Waals surface area contributed by atoms with Gasteiger partial charge in [-0.1, -0.05) is 0 Å². The van der Waals surface area contributed by atoms with E-state index in [0.717, 1.165) is 0 Å². The van der Waals surface area contributed by atoms with Crippen molar-refractivity contribution in [2.24, 2.45) is 0 Å². The molecule has 72 valence electrons. The maximum atomic E-state index is 13.3. The van der Waals surface area contributed by atoms with Crippen molar-refractivity contribution in [3.8, 4) is 0 Å². The maximum absolute atomic E-state index is 13.3. The molecule has 0 bridgehead atoms. The molecule has 0 amide bonds. The second-order valence-electron chi connectivity index (χ2n) is 2.95. The van der Waals surface area contributed by atoms with Crippen molar-refractivity contribution in [1.82, 2.24) is 9.97 Å². The zero-order valence-corrected chi connectivity index (χ0v) is 7.34. The summed E-state index contributed by atoms with van der Waals surface area (Å²) in [4.78, 5) is 17.1. The largest absolute Gasteiger partial charge is 0.477 e. The Balaban J connectivity index is 2.87. The van der Waals surface area contributed by atoms with Crippen LogP contribution in [0.3, 0.4) is 0 Å². The van der Waals surface area contributed by atoms with E-state index in [9.17, 15) is 9.18 Å². The van der Waals surface area contributed by atoms with Crippen LogP contribution in [0.25, 0.3) is 11.0 Å². The molecule has 2 N–H and O–H groups in total. The molecule has 0 aliphatic heterocycles. The molecular weight excluding hydrogens is 187 g/mol. The van der Waals surface area contributed by atoms with Crippen LogP contribution in [0.15, 0.2) is 12.3 Å². The van der Waals surface area contributed by atoms with Crippen LogP contribution in [0.5, 0.6) is 0 Å². The first-order valence-electron chi connectivity index (χ1n) is 3.97. The van der Waals surface area contributed by atoms with E-state index in [-0.39, 0.29) is 16.7 Å². The fourth-order valence-corrected chi connectivity index (χ4v) is 1.44. The van der Waals surface area contributed by atoms with Crippen LogP contribution < -0.4 is 0 Å². The van der Waals surface area contributed by atoms with Gasteiger partial charge in [0.25, 0.3) is 0 Å². The number of carboxylic acids is 1. The van der Waals surface area contributed by atoms with Crippen molar-refractivity contribution in [3.63, 3.8) is 0 Å². The fourth-order valence-electron chi connectivity index (χ4n) is 1.44. The minimum absolute atomic E-state index is 0.0161. The highest BCUT2D eigenvalue weighted by Crippen LogP contribution is 2.22. The van der Waals surface area contributed by atoms with Gasteiger partial charge < -0.3 is 10.1 Å². The number of nitrogens with one attached hydrogen (secondary N) is 1. The number of H-pyrrole nitrogens is 1. The van der Waals surface area contributed by atoms with Gasteiger partial charge in [-0.15, -0.1) is 0 Å². The highest BCUT2D eigenvalue weighted by molar-refractivity contribution is 5.96. The monoisotopic (exact) mass is 194 g/mol. The van der Waals surface area contributed by atoms with Crippen molar-refractivity contribution in [1.29, 1.82) is 0 Å². The Morgan fingerprint density at radius 1 is 1.64 bits per heavy atom. The highest BCUT2D eigenvalue weighted by atomic mass is 19.1. The number of aromatic nitrogens is 2. The van der Waals surface area contributed by atoms with Crippen LogP contribution >= 0.6 is 0 Å². The van der Waals surface area contributed by atoms with E-state index in [1.165, 1.54) is 12.3 Å². The van der Waals surface area contributed by atoms with Gasteiger partial charge in [-0.2, -0.15) is 0 Å². The van der Waals surface area contributed by atoms with Crippen molar-refractivity contribution in [2.75, 3.05) is 0 Å². The Hall–Kier alpha value is -1.91. The first-order chi connectivity index (χ1) is 6.61. The Bertz CT molecular complexity index is 519. The number of rotatable bonds is 1. The van der Waals surface area contributed by atoms with E-state index in [2.05, 4.69) is 9.97 Å². The van der Waals surface area contributed by atoms with Gasteiger partial charge in [0.15, 0.2) is 0 Å². The SMILES string of the molecule is Cc1c(C(=O)O)[nH]c2nccc(F)c12. The molecule has 2 rings (SSSR count). The number of nitrogens with zero attached hydrogens (tertiary/aromatic N) is 1. The lowest BCUT2D eigenvalue weighted by atomic mass is 10.2. The molecule has 0 saturated carbocycles. The summed E-state index contributed by atoms with van der Waals surface area (Å²) in [6.45, 7) is 1.55. The number of aromatic amines is 1. The third-order valence-electron chi connectivity index (χ3n) is 2.11. The number of pyridine rings is 1. The molecule has 0 saturated heterocycles. The van der Waals surface area contributed by atoms with Crippen molar-refractivity contribution in [3.05, 3.63) is 29.3 Å². The molecule has 5 heteroatoms. The Labute approximate surface area is 78.4 Å². The minimum Gasteiger partial charge on any atom is -0.477 e. The maximum Gasteiger partial charge on any atom is 0.352 e. The zero-order valence-electron chi connectivity index (χ0n) is 7.34. The lowest BCUT2D eigenvalue weighted by Crippen LogP contribution is -1.98. The van der Waals surface area contributed by atoms with Crippen molar-refractivity contribution >= 4 is 17.0 Å². The average Bonchev–Trinajstić information content (AvgIpc) is 2.45. The summed E-state index contributed by atoms with van der Waals surface area (Å²) in [5, 5.41) is 9.02. The Morgan fingerprint density at radius 3 is 2.93 bits per heavy atom. The van der Waals surface area contributed by atoms with Crippen LogP contribution in [0.4, 0.5) is 4.39 Å². The number of hydrogen-bond donors (Lipinski definition) is 2. The predicted molar refractivity (Wildman–Crippen MR) is 47.7 cm³/mol. The second kappa shape index (κ2) is 2.80.